The molecule has 2 aliphatic carbocycles. The van der Waals surface area contributed by atoms with Crippen LogP contribution in [0.25, 0.3) is 0 Å². The molecule has 3 N–H and O–H groups in total. The molecule has 2 saturated carbocycles. The number of anilines is 3. The molecule has 1 saturated heterocycles. The lowest BCUT2D eigenvalue weighted by atomic mass is 9.93. The van der Waals surface area contributed by atoms with E-state index >= 15 is 0 Å². The molecule has 1 spiro atoms. The van der Waals surface area contributed by atoms with Crippen LogP contribution < -0.4 is 15.5 Å². The van der Waals surface area contributed by atoms with Crippen LogP contribution in [0, 0.1) is 5.41 Å². The van der Waals surface area contributed by atoms with Gasteiger partial charge in [0.2, 0.25) is 5.92 Å². The van der Waals surface area contributed by atoms with Gasteiger partial charge in [-0.2, -0.15) is 0 Å². The first-order valence-electron chi connectivity index (χ1n) is 13.0. The number of nitrogens with zero attached hydrogens (tertiary/aromatic N) is 3. The molecule has 2 aromatic rings. The van der Waals surface area contributed by atoms with Crippen LogP contribution in [0.5, 0.6) is 0 Å². The topological polar surface area (TPSA) is 90.4 Å². The van der Waals surface area contributed by atoms with E-state index in [4.69, 9.17) is 4.98 Å². The van der Waals surface area contributed by atoms with Crippen molar-refractivity contribution >= 4 is 35.0 Å². The van der Waals surface area contributed by atoms with Gasteiger partial charge >= 0.3 is 0 Å². The Morgan fingerprint density at radius 3 is 2.62 bits per heavy atom. The molecule has 1 atom stereocenters. The molecule has 0 radical (unpaired) electrons. The summed E-state index contributed by atoms with van der Waals surface area (Å²) in [5.74, 6) is -1.91. The van der Waals surface area contributed by atoms with Crippen molar-refractivity contribution in [1.82, 2.24) is 9.97 Å². The Morgan fingerprint density at radius 1 is 1.22 bits per heavy atom. The lowest BCUT2D eigenvalue weighted by Crippen LogP contribution is -2.38. The minimum atomic E-state index is -2.58. The number of amides is 1. The van der Waals surface area contributed by atoms with Crippen LogP contribution in [0.1, 0.15) is 69.3 Å². The number of aliphatic hydroxyl groups excluding tert-OH is 1. The van der Waals surface area contributed by atoms with Crippen LogP contribution in [0.15, 0.2) is 35.4 Å². The number of benzene rings is 1. The van der Waals surface area contributed by atoms with Crippen molar-refractivity contribution in [3.05, 3.63) is 36.2 Å². The molecular weight excluding hydrogens is 496 g/mol. The van der Waals surface area contributed by atoms with E-state index in [0.717, 1.165) is 30.8 Å². The van der Waals surface area contributed by atoms with Gasteiger partial charge in [0, 0.05) is 41.8 Å². The van der Waals surface area contributed by atoms with E-state index in [-0.39, 0.29) is 36.3 Å². The molecule has 3 fully saturated rings. The molecule has 1 amide bonds. The van der Waals surface area contributed by atoms with Crippen LogP contribution in [0.3, 0.4) is 0 Å². The fourth-order valence-corrected chi connectivity index (χ4v) is 6.42. The van der Waals surface area contributed by atoms with Crippen molar-refractivity contribution < 1.29 is 18.7 Å². The normalized spacial score (nSPS) is 22.2. The molecule has 10 heteroatoms. The third-order valence-corrected chi connectivity index (χ3v) is 8.93. The molecule has 2 heterocycles. The Balaban J connectivity index is 1.34. The number of hydrogen-bond donors (Lipinski definition) is 3. The zero-order valence-electron chi connectivity index (χ0n) is 21.4. The van der Waals surface area contributed by atoms with E-state index in [1.807, 2.05) is 32.0 Å². The van der Waals surface area contributed by atoms with Gasteiger partial charge in [-0.05, 0) is 69.6 Å². The fraction of sp³-hybridized carbons (Fsp3) is 0.593. The predicted octanol–water partition coefficient (Wildman–Crippen LogP) is 5.57. The SMILES string of the molecule is CC(C)(CO)Nc1cnc(C(=O)Nc2cccc(SC3CCC(F)(F)C3)c2)c(N2CCC3(CC2)CC3)n1. The molecule has 1 unspecified atom stereocenters. The highest BCUT2D eigenvalue weighted by Crippen LogP contribution is 2.54. The maximum Gasteiger partial charge on any atom is 0.278 e. The molecular formula is C27H35F2N5O2S. The minimum absolute atomic E-state index is 0.0689. The average molecular weight is 532 g/mol. The van der Waals surface area contributed by atoms with E-state index in [1.165, 1.54) is 30.8 Å². The van der Waals surface area contributed by atoms with E-state index in [9.17, 15) is 18.7 Å². The summed E-state index contributed by atoms with van der Waals surface area (Å²) >= 11 is 1.44. The summed E-state index contributed by atoms with van der Waals surface area (Å²) in [6, 6.07) is 7.31. The summed E-state index contributed by atoms with van der Waals surface area (Å²) in [6.45, 7) is 5.29. The second kappa shape index (κ2) is 10.0. The van der Waals surface area contributed by atoms with E-state index in [2.05, 4.69) is 20.5 Å². The first kappa shape index (κ1) is 26.2. The first-order valence-corrected chi connectivity index (χ1v) is 13.9. The fourth-order valence-electron chi connectivity index (χ4n) is 5.12. The van der Waals surface area contributed by atoms with Crippen LogP contribution >= 0.6 is 11.8 Å². The van der Waals surface area contributed by atoms with Gasteiger partial charge in [-0.15, -0.1) is 11.8 Å². The molecule has 1 aliphatic heterocycles. The summed E-state index contributed by atoms with van der Waals surface area (Å²) < 4.78 is 27.2. The summed E-state index contributed by atoms with van der Waals surface area (Å²) in [4.78, 5) is 25.6. The Bertz CT molecular complexity index is 1150. The molecule has 7 nitrogen and oxygen atoms in total. The monoisotopic (exact) mass is 531 g/mol. The van der Waals surface area contributed by atoms with Crippen molar-refractivity contribution in [3.8, 4) is 0 Å². The quantitative estimate of drug-likeness (QED) is 0.410. The van der Waals surface area contributed by atoms with Gasteiger partial charge in [0.1, 0.15) is 5.82 Å². The minimum Gasteiger partial charge on any atom is -0.394 e. The molecule has 1 aromatic carbocycles. The summed E-state index contributed by atoms with van der Waals surface area (Å²) in [6.07, 6.45) is 6.53. The molecule has 3 aliphatic rings. The Labute approximate surface area is 220 Å². The average Bonchev–Trinajstić information content (AvgIpc) is 3.52. The van der Waals surface area contributed by atoms with Gasteiger partial charge in [-0.25, -0.2) is 18.7 Å². The summed E-state index contributed by atoms with van der Waals surface area (Å²) in [5, 5.41) is 15.7. The van der Waals surface area contributed by atoms with Crippen molar-refractivity contribution in [2.45, 2.75) is 80.4 Å². The zero-order valence-corrected chi connectivity index (χ0v) is 22.2. The van der Waals surface area contributed by atoms with Crippen LogP contribution in [-0.4, -0.2) is 57.4 Å². The highest BCUT2D eigenvalue weighted by atomic mass is 32.2. The third-order valence-electron chi connectivity index (χ3n) is 7.66. The summed E-state index contributed by atoms with van der Waals surface area (Å²) in [7, 11) is 0. The van der Waals surface area contributed by atoms with E-state index in [0.29, 0.717) is 29.2 Å². The van der Waals surface area contributed by atoms with Crippen molar-refractivity contribution in [3.63, 3.8) is 0 Å². The smallest absolute Gasteiger partial charge is 0.278 e. The molecule has 0 bridgehead atoms. The molecule has 1 aromatic heterocycles. The molecule has 37 heavy (non-hydrogen) atoms. The Hall–Kier alpha value is -2.46. The Kier molecular flexibility index (Phi) is 7.08. The highest BCUT2D eigenvalue weighted by Gasteiger charge is 2.45. The van der Waals surface area contributed by atoms with Gasteiger partial charge in [0.25, 0.3) is 5.91 Å². The van der Waals surface area contributed by atoms with Crippen LogP contribution in [0.2, 0.25) is 0 Å². The lowest BCUT2D eigenvalue weighted by molar-refractivity contribution is 0.00977. The second-order valence-corrected chi connectivity index (χ2v) is 12.8. The summed E-state index contributed by atoms with van der Waals surface area (Å²) in [5.41, 5.74) is 0.721. The predicted molar refractivity (Wildman–Crippen MR) is 143 cm³/mol. The van der Waals surface area contributed by atoms with Crippen molar-refractivity contribution in [2.75, 3.05) is 35.2 Å². The Morgan fingerprint density at radius 2 is 1.97 bits per heavy atom. The number of rotatable bonds is 8. The number of thioether (sulfide) groups is 1. The number of aromatic nitrogens is 2. The number of carbonyl (C=O) groups is 1. The maximum absolute atomic E-state index is 13.6. The molecule has 5 rings (SSSR count). The van der Waals surface area contributed by atoms with Gasteiger partial charge in [-0.3, -0.25) is 4.79 Å². The van der Waals surface area contributed by atoms with Crippen LogP contribution in [-0.2, 0) is 0 Å². The van der Waals surface area contributed by atoms with Gasteiger partial charge in [-0.1, -0.05) is 6.07 Å². The first-order chi connectivity index (χ1) is 17.6. The third kappa shape index (κ3) is 6.34. The van der Waals surface area contributed by atoms with E-state index in [1.54, 1.807) is 6.07 Å². The van der Waals surface area contributed by atoms with Gasteiger partial charge in [0.05, 0.1) is 18.3 Å². The van der Waals surface area contributed by atoms with Crippen molar-refractivity contribution in [2.24, 2.45) is 5.41 Å². The van der Waals surface area contributed by atoms with Gasteiger partial charge < -0.3 is 20.6 Å². The number of carbonyl (C=O) groups excluding carboxylic acids is 1. The maximum atomic E-state index is 13.6. The number of hydrogen-bond acceptors (Lipinski definition) is 7. The number of aliphatic hydroxyl groups is 1. The molecule has 200 valence electrons. The number of nitrogens with one attached hydrogen (secondary N) is 2. The largest absolute Gasteiger partial charge is 0.394 e. The zero-order chi connectivity index (χ0) is 26.3. The second-order valence-electron chi connectivity index (χ2n) is 11.4. The standard InChI is InChI=1S/C27H35F2N5O2S/c1-25(2,17-35)33-21-16-30-22(23(32-21)34-12-10-26(8-9-26)11-13-34)24(36)31-18-4-3-5-19(14-18)37-20-6-7-27(28,29)15-20/h3-5,14,16,20,35H,6-13,15,17H2,1-2H3,(H,31,36)(H,32,33). The van der Waals surface area contributed by atoms with Crippen LogP contribution in [0.4, 0.5) is 26.1 Å². The number of piperidine rings is 1. The lowest BCUT2D eigenvalue weighted by Gasteiger charge is -2.34. The van der Waals surface area contributed by atoms with E-state index < -0.39 is 11.5 Å². The van der Waals surface area contributed by atoms with Crippen molar-refractivity contribution in [1.29, 1.82) is 0 Å². The number of alkyl halides is 2. The number of halogens is 2. The van der Waals surface area contributed by atoms with Gasteiger partial charge in [0.15, 0.2) is 11.5 Å². The highest BCUT2D eigenvalue weighted by molar-refractivity contribution is 8.00.